The molecule has 0 radical (unpaired) electrons. The summed E-state index contributed by atoms with van der Waals surface area (Å²) in [5.41, 5.74) is 5.06. The summed E-state index contributed by atoms with van der Waals surface area (Å²) in [5.74, 6) is 1.57. The minimum atomic E-state index is 0.0462. The molecule has 162 valence electrons. The van der Waals surface area contributed by atoms with Gasteiger partial charge in [0.05, 0.1) is 20.4 Å². The first-order valence-corrected chi connectivity index (χ1v) is 10.9. The van der Waals surface area contributed by atoms with Crippen LogP contribution in [0.15, 0.2) is 53.3 Å². The van der Waals surface area contributed by atoms with Crippen LogP contribution in [0.2, 0.25) is 0 Å². The fourth-order valence-electron chi connectivity index (χ4n) is 4.22. The molecule has 4 rings (SSSR count). The van der Waals surface area contributed by atoms with E-state index in [-0.39, 0.29) is 5.56 Å². The van der Waals surface area contributed by atoms with Crippen molar-refractivity contribution < 1.29 is 4.74 Å². The van der Waals surface area contributed by atoms with Gasteiger partial charge in [0.2, 0.25) is 5.95 Å². The number of anilines is 2. The van der Waals surface area contributed by atoms with Gasteiger partial charge in [-0.3, -0.25) is 19.2 Å². The lowest BCUT2D eigenvalue weighted by atomic mass is 10.1. The molecule has 1 aromatic heterocycles. The zero-order chi connectivity index (χ0) is 22.0. The standard InChI is InChI=1S/C25H30N4O2/c1-5-19-11-13-21(14-12-19)28-16-27(15-20-9-7-8-10-23(20)31-4)17-29-24(30)22(6-2)18(3)26-25(28)29/h7-14H,5-6,15-17H2,1-4H3. The predicted molar refractivity (Wildman–Crippen MR) is 124 cm³/mol. The highest BCUT2D eigenvalue weighted by Crippen LogP contribution is 2.30. The molecule has 0 N–H and O–H groups in total. The largest absolute Gasteiger partial charge is 0.496 e. The Labute approximate surface area is 183 Å². The van der Waals surface area contributed by atoms with Crippen LogP contribution in [-0.2, 0) is 26.1 Å². The van der Waals surface area contributed by atoms with Crippen LogP contribution in [0.1, 0.15) is 36.2 Å². The molecule has 6 heteroatoms. The average molecular weight is 419 g/mol. The van der Waals surface area contributed by atoms with Crippen LogP contribution in [-0.4, -0.2) is 28.2 Å². The molecule has 0 fully saturated rings. The van der Waals surface area contributed by atoms with Crippen LogP contribution in [0.5, 0.6) is 5.75 Å². The zero-order valence-corrected chi connectivity index (χ0v) is 18.8. The van der Waals surface area contributed by atoms with Gasteiger partial charge in [0, 0.05) is 29.1 Å². The Morgan fingerprint density at radius 2 is 1.74 bits per heavy atom. The monoisotopic (exact) mass is 418 g/mol. The van der Waals surface area contributed by atoms with E-state index in [9.17, 15) is 4.79 Å². The molecule has 2 aromatic carbocycles. The molecule has 0 atom stereocenters. The number of nitrogens with zero attached hydrogens (tertiary/aromatic N) is 4. The highest BCUT2D eigenvalue weighted by Gasteiger charge is 2.28. The van der Waals surface area contributed by atoms with Crippen molar-refractivity contribution in [3.63, 3.8) is 0 Å². The molecule has 2 heterocycles. The topological polar surface area (TPSA) is 50.6 Å². The maximum atomic E-state index is 13.3. The molecule has 0 saturated heterocycles. The summed E-state index contributed by atoms with van der Waals surface area (Å²) in [6.07, 6.45) is 1.67. The van der Waals surface area contributed by atoms with Gasteiger partial charge >= 0.3 is 0 Å². The Hall–Kier alpha value is -3.12. The van der Waals surface area contributed by atoms with E-state index in [2.05, 4.69) is 47.1 Å². The van der Waals surface area contributed by atoms with Gasteiger partial charge in [-0.15, -0.1) is 0 Å². The molecule has 0 unspecified atom stereocenters. The van der Waals surface area contributed by atoms with Crippen LogP contribution < -0.4 is 15.2 Å². The lowest BCUT2D eigenvalue weighted by Gasteiger charge is -2.38. The summed E-state index contributed by atoms with van der Waals surface area (Å²) in [6, 6.07) is 16.6. The number of fused-ring (bicyclic) bond motifs is 1. The molecule has 0 bridgehead atoms. The molecule has 0 amide bonds. The third-order valence-electron chi connectivity index (χ3n) is 5.97. The number of ether oxygens (including phenoxy) is 1. The van der Waals surface area contributed by atoms with Crippen molar-refractivity contribution in [2.45, 2.75) is 46.8 Å². The van der Waals surface area contributed by atoms with Crippen molar-refractivity contribution >= 4 is 11.6 Å². The van der Waals surface area contributed by atoms with Crippen LogP contribution in [0.4, 0.5) is 11.6 Å². The van der Waals surface area contributed by atoms with E-state index in [0.29, 0.717) is 32.3 Å². The second kappa shape index (κ2) is 8.94. The number of aryl methyl sites for hydroxylation is 2. The first-order valence-electron chi connectivity index (χ1n) is 10.9. The van der Waals surface area contributed by atoms with Crippen LogP contribution >= 0.6 is 0 Å². The number of aromatic nitrogens is 2. The lowest BCUT2D eigenvalue weighted by Crippen LogP contribution is -2.47. The number of benzene rings is 2. The van der Waals surface area contributed by atoms with Gasteiger partial charge in [-0.25, -0.2) is 4.98 Å². The maximum absolute atomic E-state index is 13.3. The molecule has 31 heavy (non-hydrogen) atoms. The SMILES string of the molecule is CCc1ccc(N2CN(Cc3ccccc3OC)Cn3c2nc(C)c(CC)c3=O)cc1. The molecule has 0 spiro atoms. The number of hydrogen-bond donors (Lipinski definition) is 0. The number of para-hydroxylation sites is 1. The van der Waals surface area contributed by atoms with Crippen LogP contribution in [0, 0.1) is 6.92 Å². The second-order valence-electron chi connectivity index (χ2n) is 7.93. The summed E-state index contributed by atoms with van der Waals surface area (Å²) in [5, 5.41) is 0. The van der Waals surface area contributed by atoms with E-state index in [1.165, 1.54) is 5.56 Å². The zero-order valence-electron chi connectivity index (χ0n) is 18.8. The number of methoxy groups -OCH3 is 1. The second-order valence-corrected chi connectivity index (χ2v) is 7.93. The highest BCUT2D eigenvalue weighted by molar-refractivity contribution is 5.59. The van der Waals surface area contributed by atoms with E-state index < -0.39 is 0 Å². The van der Waals surface area contributed by atoms with Crippen LogP contribution in [0.25, 0.3) is 0 Å². The average Bonchev–Trinajstić information content (AvgIpc) is 2.80. The number of rotatable bonds is 6. The fraction of sp³-hybridized carbons (Fsp3) is 0.360. The molecular formula is C25H30N4O2. The van der Waals surface area contributed by atoms with E-state index >= 15 is 0 Å². The summed E-state index contributed by atoms with van der Waals surface area (Å²) >= 11 is 0. The summed E-state index contributed by atoms with van der Waals surface area (Å²) < 4.78 is 7.35. The van der Waals surface area contributed by atoms with E-state index in [1.54, 1.807) is 11.7 Å². The molecule has 6 nitrogen and oxygen atoms in total. The van der Waals surface area contributed by atoms with E-state index in [0.717, 1.165) is 34.7 Å². The first kappa shape index (κ1) is 21.1. The first-order chi connectivity index (χ1) is 15.0. The maximum Gasteiger partial charge on any atom is 0.259 e. The van der Waals surface area contributed by atoms with Crippen molar-refractivity contribution in [1.82, 2.24) is 14.5 Å². The molecular weight excluding hydrogens is 388 g/mol. The van der Waals surface area contributed by atoms with Crippen molar-refractivity contribution in [3.05, 3.63) is 81.3 Å². The fourth-order valence-corrected chi connectivity index (χ4v) is 4.22. The summed E-state index contributed by atoms with van der Waals surface area (Å²) in [6.45, 7) is 7.90. The van der Waals surface area contributed by atoms with Crippen LogP contribution in [0.3, 0.4) is 0 Å². The predicted octanol–water partition coefficient (Wildman–Crippen LogP) is 4.25. The van der Waals surface area contributed by atoms with Gasteiger partial charge in [-0.1, -0.05) is 44.2 Å². The van der Waals surface area contributed by atoms with E-state index in [1.807, 2.05) is 32.0 Å². The van der Waals surface area contributed by atoms with Crippen molar-refractivity contribution in [1.29, 1.82) is 0 Å². The van der Waals surface area contributed by atoms with Gasteiger partial charge < -0.3 is 4.74 Å². The Balaban J connectivity index is 1.77. The van der Waals surface area contributed by atoms with Crippen molar-refractivity contribution in [2.24, 2.45) is 0 Å². The normalized spacial score (nSPS) is 13.9. The van der Waals surface area contributed by atoms with Gasteiger partial charge in [0.1, 0.15) is 5.75 Å². The third-order valence-corrected chi connectivity index (χ3v) is 5.97. The Bertz CT molecular complexity index is 1120. The molecule has 3 aromatic rings. The summed E-state index contributed by atoms with van der Waals surface area (Å²) in [7, 11) is 1.69. The van der Waals surface area contributed by atoms with Gasteiger partial charge in [0.25, 0.3) is 5.56 Å². The minimum Gasteiger partial charge on any atom is -0.496 e. The number of hydrogen-bond acceptors (Lipinski definition) is 5. The summed E-state index contributed by atoms with van der Waals surface area (Å²) in [4.78, 5) is 22.5. The van der Waals surface area contributed by atoms with Gasteiger partial charge in [-0.05, 0) is 43.5 Å². The molecule has 0 saturated carbocycles. The van der Waals surface area contributed by atoms with Crippen molar-refractivity contribution in [3.8, 4) is 5.75 Å². The molecule has 0 aliphatic carbocycles. The van der Waals surface area contributed by atoms with Crippen molar-refractivity contribution in [2.75, 3.05) is 18.7 Å². The third kappa shape index (κ3) is 4.08. The lowest BCUT2D eigenvalue weighted by molar-refractivity contribution is 0.187. The Morgan fingerprint density at radius 1 is 1.00 bits per heavy atom. The van der Waals surface area contributed by atoms with Gasteiger partial charge in [0.15, 0.2) is 0 Å². The Morgan fingerprint density at radius 3 is 2.42 bits per heavy atom. The van der Waals surface area contributed by atoms with E-state index in [4.69, 9.17) is 9.72 Å². The van der Waals surface area contributed by atoms with Gasteiger partial charge in [-0.2, -0.15) is 0 Å². The highest BCUT2D eigenvalue weighted by atomic mass is 16.5. The quantitative estimate of drug-likeness (QED) is 0.599. The smallest absolute Gasteiger partial charge is 0.259 e. The molecule has 1 aliphatic heterocycles. The molecule has 1 aliphatic rings. The minimum absolute atomic E-state index is 0.0462. The Kier molecular flexibility index (Phi) is 6.09.